The van der Waals surface area contributed by atoms with Gasteiger partial charge in [0, 0.05) is 17.3 Å². The van der Waals surface area contributed by atoms with Crippen LogP contribution in [-0.4, -0.2) is 40.3 Å². The Labute approximate surface area is 132 Å². The number of nitrogens with one attached hydrogen (secondary N) is 2. The fraction of sp³-hybridized carbons (Fsp3) is 0.308. The Balaban J connectivity index is 2.27. The molecule has 0 unspecified atom stereocenters. The molecule has 0 aliphatic carbocycles. The van der Waals surface area contributed by atoms with Gasteiger partial charge in [-0.25, -0.2) is 0 Å². The van der Waals surface area contributed by atoms with Crippen LogP contribution in [0.2, 0.25) is 0 Å². The van der Waals surface area contributed by atoms with E-state index in [1.807, 2.05) is 6.92 Å². The summed E-state index contributed by atoms with van der Waals surface area (Å²) in [4.78, 5) is 11.6. The van der Waals surface area contributed by atoms with Crippen LogP contribution in [0.5, 0.6) is 0 Å². The van der Waals surface area contributed by atoms with Gasteiger partial charge in [0.1, 0.15) is 5.69 Å². The third-order valence-corrected chi connectivity index (χ3v) is 4.86. The Hall–Kier alpha value is -2.46. The first-order chi connectivity index (χ1) is 11.0. The van der Waals surface area contributed by atoms with Gasteiger partial charge >= 0.3 is 10.2 Å². The zero-order chi connectivity index (χ0) is 16.6. The highest BCUT2D eigenvalue weighted by Gasteiger charge is 2.23. The van der Waals surface area contributed by atoms with E-state index in [-0.39, 0.29) is 5.69 Å². The number of rotatable bonds is 6. The van der Waals surface area contributed by atoms with Crippen molar-refractivity contribution in [2.75, 3.05) is 6.54 Å². The number of aromatic amines is 1. The molecule has 4 N–H and O–H groups in total. The summed E-state index contributed by atoms with van der Waals surface area (Å²) in [5.74, 6) is -0.746. The van der Waals surface area contributed by atoms with Gasteiger partial charge in [0.05, 0.1) is 17.2 Å². The monoisotopic (exact) mass is 336 g/mol. The SMILES string of the molecule is CCCCNS(=O)(=O)n1[nH]c(C(N)=O)c2ccc3nncc3c21. The Morgan fingerprint density at radius 3 is 2.87 bits per heavy atom. The lowest BCUT2D eigenvalue weighted by Gasteiger charge is -2.08. The molecule has 0 saturated carbocycles. The molecular weight excluding hydrogens is 320 g/mol. The van der Waals surface area contributed by atoms with Crippen molar-refractivity contribution in [2.45, 2.75) is 19.8 Å². The van der Waals surface area contributed by atoms with Crippen LogP contribution in [0.4, 0.5) is 0 Å². The molecule has 0 aliphatic rings. The molecular formula is C13H16N6O3S. The first-order valence-corrected chi connectivity index (χ1v) is 8.54. The third-order valence-electron chi connectivity index (χ3n) is 3.53. The molecule has 122 valence electrons. The fourth-order valence-corrected chi connectivity index (χ4v) is 3.59. The maximum Gasteiger partial charge on any atom is 0.319 e. The van der Waals surface area contributed by atoms with Crippen molar-refractivity contribution in [2.24, 2.45) is 5.73 Å². The summed E-state index contributed by atoms with van der Waals surface area (Å²) in [6.45, 7) is 2.26. The number of amides is 1. The molecule has 3 aromatic rings. The smallest absolute Gasteiger partial charge is 0.319 e. The number of carbonyl (C=O) groups excluding carboxylic acids is 1. The number of hydrogen-bond acceptors (Lipinski definition) is 5. The van der Waals surface area contributed by atoms with E-state index in [0.717, 1.165) is 10.5 Å². The van der Waals surface area contributed by atoms with Crippen molar-refractivity contribution in [3.63, 3.8) is 0 Å². The maximum atomic E-state index is 12.6. The summed E-state index contributed by atoms with van der Waals surface area (Å²) in [5, 5.41) is 11.2. The molecule has 1 aromatic carbocycles. The van der Waals surface area contributed by atoms with E-state index in [1.165, 1.54) is 6.20 Å². The highest BCUT2D eigenvalue weighted by molar-refractivity contribution is 7.88. The number of nitrogens with two attached hydrogens (primary N) is 1. The summed E-state index contributed by atoms with van der Waals surface area (Å²) in [5.41, 5.74) is 6.19. The molecule has 1 amide bonds. The van der Waals surface area contributed by atoms with E-state index >= 15 is 0 Å². The summed E-state index contributed by atoms with van der Waals surface area (Å²) >= 11 is 0. The van der Waals surface area contributed by atoms with E-state index in [0.29, 0.717) is 34.8 Å². The van der Waals surface area contributed by atoms with E-state index in [2.05, 4.69) is 20.0 Å². The molecule has 2 aromatic heterocycles. The second kappa shape index (κ2) is 5.63. The summed E-state index contributed by atoms with van der Waals surface area (Å²) in [6, 6.07) is 3.26. The Morgan fingerprint density at radius 2 is 2.17 bits per heavy atom. The minimum absolute atomic E-state index is 0.0176. The van der Waals surface area contributed by atoms with Gasteiger partial charge in [-0.15, -0.1) is 0 Å². The van der Waals surface area contributed by atoms with E-state index in [4.69, 9.17) is 5.73 Å². The molecule has 2 heterocycles. The minimum Gasteiger partial charge on any atom is -0.364 e. The summed E-state index contributed by atoms with van der Waals surface area (Å²) in [6.07, 6.45) is 3.01. The predicted octanol–water partition coefficient (Wildman–Crippen LogP) is 0.494. The van der Waals surface area contributed by atoms with Crippen LogP contribution in [0, 0.1) is 0 Å². The van der Waals surface area contributed by atoms with E-state index in [1.54, 1.807) is 12.1 Å². The van der Waals surface area contributed by atoms with Gasteiger partial charge in [0.2, 0.25) is 0 Å². The highest BCUT2D eigenvalue weighted by atomic mass is 32.2. The number of H-pyrrole nitrogens is 1. The summed E-state index contributed by atoms with van der Waals surface area (Å²) < 4.78 is 28.5. The van der Waals surface area contributed by atoms with Crippen LogP contribution in [0.25, 0.3) is 21.8 Å². The number of aromatic nitrogens is 4. The van der Waals surface area contributed by atoms with Crippen molar-refractivity contribution in [1.82, 2.24) is 24.1 Å². The lowest BCUT2D eigenvalue weighted by Crippen LogP contribution is -2.31. The first-order valence-electron chi connectivity index (χ1n) is 7.10. The van der Waals surface area contributed by atoms with Crippen molar-refractivity contribution in [3.8, 4) is 0 Å². The zero-order valence-corrected chi connectivity index (χ0v) is 13.2. The van der Waals surface area contributed by atoms with Gasteiger partial charge in [0.25, 0.3) is 5.91 Å². The van der Waals surface area contributed by atoms with Gasteiger partial charge < -0.3 is 5.73 Å². The van der Waals surface area contributed by atoms with Crippen molar-refractivity contribution in [1.29, 1.82) is 0 Å². The average molecular weight is 336 g/mol. The molecule has 0 atom stereocenters. The van der Waals surface area contributed by atoms with Gasteiger partial charge in [-0.3, -0.25) is 9.89 Å². The molecule has 3 rings (SSSR count). The van der Waals surface area contributed by atoms with Crippen LogP contribution >= 0.6 is 0 Å². The van der Waals surface area contributed by atoms with Crippen LogP contribution < -0.4 is 10.5 Å². The zero-order valence-electron chi connectivity index (χ0n) is 12.4. The van der Waals surface area contributed by atoms with Crippen molar-refractivity contribution >= 4 is 37.9 Å². The first kappa shape index (κ1) is 15.4. The Morgan fingerprint density at radius 1 is 1.39 bits per heavy atom. The van der Waals surface area contributed by atoms with Crippen LogP contribution in [0.3, 0.4) is 0 Å². The number of nitrogens with zero attached hydrogens (tertiary/aromatic N) is 3. The lowest BCUT2D eigenvalue weighted by molar-refractivity contribution is 0.0997. The molecule has 0 aliphatic heterocycles. The second-order valence-corrected chi connectivity index (χ2v) is 6.71. The Bertz CT molecular complexity index is 988. The quantitative estimate of drug-likeness (QED) is 0.563. The normalized spacial score (nSPS) is 12.2. The number of unbranched alkanes of at least 4 members (excludes halogenated alkanes) is 1. The number of primary amides is 1. The average Bonchev–Trinajstić information content (AvgIpc) is 3.11. The van der Waals surface area contributed by atoms with E-state index in [9.17, 15) is 13.2 Å². The highest BCUT2D eigenvalue weighted by Crippen LogP contribution is 2.27. The third kappa shape index (κ3) is 2.55. The van der Waals surface area contributed by atoms with Gasteiger partial charge in [-0.1, -0.05) is 13.3 Å². The van der Waals surface area contributed by atoms with Crippen molar-refractivity contribution < 1.29 is 13.2 Å². The minimum atomic E-state index is -3.89. The topological polar surface area (TPSA) is 136 Å². The maximum absolute atomic E-state index is 12.6. The fourth-order valence-electron chi connectivity index (χ4n) is 2.41. The van der Waals surface area contributed by atoms with Crippen LogP contribution in [-0.2, 0) is 10.2 Å². The molecule has 23 heavy (non-hydrogen) atoms. The van der Waals surface area contributed by atoms with Crippen molar-refractivity contribution in [3.05, 3.63) is 24.0 Å². The van der Waals surface area contributed by atoms with Gasteiger partial charge in [-0.05, 0) is 18.6 Å². The number of benzene rings is 1. The molecule has 9 nitrogen and oxygen atoms in total. The molecule has 10 heteroatoms. The molecule has 0 radical (unpaired) electrons. The molecule has 0 saturated heterocycles. The van der Waals surface area contributed by atoms with Gasteiger partial charge in [0.15, 0.2) is 0 Å². The van der Waals surface area contributed by atoms with Crippen LogP contribution in [0.15, 0.2) is 18.3 Å². The van der Waals surface area contributed by atoms with Gasteiger partial charge in [-0.2, -0.15) is 27.4 Å². The largest absolute Gasteiger partial charge is 0.364 e. The van der Waals surface area contributed by atoms with E-state index < -0.39 is 16.1 Å². The molecule has 0 bridgehead atoms. The summed E-state index contributed by atoms with van der Waals surface area (Å²) in [7, 11) is -3.89. The predicted molar refractivity (Wildman–Crippen MR) is 85.1 cm³/mol. The second-order valence-electron chi connectivity index (χ2n) is 5.11. The molecule has 0 fully saturated rings. The lowest BCUT2D eigenvalue weighted by atomic mass is 10.1. The number of fused-ring (bicyclic) bond motifs is 3. The van der Waals surface area contributed by atoms with Crippen LogP contribution in [0.1, 0.15) is 30.3 Å². The standard InChI is InChI=1S/C13H16N6O3S/c1-2-3-6-16-23(21,22)19-12-8(11(18-19)13(14)20)4-5-10-9(12)7-15-17-10/h4-5,7,16,18H,2-3,6H2,1H3,(H2,14,20). The number of carbonyl (C=O) groups is 1. The molecule has 0 spiro atoms. The Kier molecular flexibility index (Phi) is 3.78. The number of hydrogen-bond donors (Lipinski definition) is 3.